The second-order valence-electron chi connectivity index (χ2n) is 7.51. The van der Waals surface area contributed by atoms with Crippen LogP contribution in [0, 0.1) is 0 Å². The molecule has 0 amide bonds. The number of halogens is 1. The van der Waals surface area contributed by atoms with E-state index in [-0.39, 0.29) is 29.6 Å². The SMILES string of the molecule is CCNC(=NCC1(C)CCCO1)NCCCCN1CCN(CC)CC1.I. The largest absolute Gasteiger partial charge is 0.373 e. The molecule has 154 valence electrons. The normalized spacial score (nSPS) is 25.1. The van der Waals surface area contributed by atoms with Gasteiger partial charge in [0.15, 0.2) is 5.96 Å². The fraction of sp³-hybridized carbons (Fsp3) is 0.947. The maximum Gasteiger partial charge on any atom is 0.191 e. The Morgan fingerprint density at radius 3 is 2.42 bits per heavy atom. The summed E-state index contributed by atoms with van der Waals surface area (Å²) in [4.78, 5) is 9.86. The van der Waals surface area contributed by atoms with Crippen molar-refractivity contribution in [2.24, 2.45) is 4.99 Å². The van der Waals surface area contributed by atoms with Crippen LogP contribution in [0.1, 0.15) is 46.5 Å². The number of likely N-dealkylation sites (N-methyl/N-ethyl adjacent to an activating group) is 1. The van der Waals surface area contributed by atoms with E-state index in [2.05, 4.69) is 41.2 Å². The van der Waals surface area contributed by atoms with Gasteiger partial charge in [-0.2, -0.15) is 0 Å². The molecule has 7 heteroatoms. The summed E-state index contributed by atoms with van der Waals surface area (Å²) < 4.78 is 5.82. The fourth-order valence-electron chi connectivity index (χ4n) is 3.55. The summed E-state index contributed by atoms with van der Waals surface area (Å²) in [5.41, 5.74) is -0.0665. The van der Waals surface area contributed by atoms with Gasteiger partial charge in [0.2, 0.25) is 0 Å². The molecule has 6 nitrogen and oxygen atoms in total. The predicted molar refractivity (Wildman–Crippen MR) is 121 cm³/mol. The third-order valence-corrected chi connectivity index (χ3v) is 5.32. The van der Waals surface area contributed by atoms with E-state index in [9.17, 15) is 0 Å². The third kappa shape index (κ3) is 8.71. The molecule has 26 heavy (non-hydrogen) atoms. The third-order valence-electron chi connectivity index (χ3n) is 5.32. The average Bonchev–Trinajstić information content (AvgIpc) is 3.07. The number of hydrogen-bond donors (Lipinski definition) is 2. The number of guanidine groups is 1. The van der Waals surface area contributed by atoms with Crippen molar-refractivity contribution in [3.63, 3.8) is 0 Å². The maximum atomic E-state index is 5.82. The maximum absolute atomic E-state index is 5.82. The number of nitrogens with zero attached hydrogens (tertiary/aromatic N) is 3. The van der Waals surface area contributed by atoms with Crippen molar-refractivity contribution in [2.45, 2.75) is 52.1 Å². The van der Waals surface area contributed by atoms with Gasteiger partial charge < -0.3 is 25.2 Å². The number of rotatable bonds is 9. The Morgan fingerprint density at radius 1 is 1.08 bits per heavy atom. The molecule has 2 N–H and O–H groups in total. The molecule has 0 aromatic rings. The second kappa shape index (κ2) is 13.1. The molecule has 0 bridgehead atoms. The Balaban J connectivity index is 0.00000338. The topological polar surface area (TPSA) is 52.1 Å². The van der Waals surface area contributed by atoms with Crippen molar-refractivity contribution in [3.8, 4) is 0 Å². The monoisotopic (exact) mass is 481 g/mol. The first-order chi connectivity index (χ1) is 12.1. The predicted octanol–water partition coefficient (Wildman–Crippen LogP) is 2.15. The Labute approximate surface area is 177 Å². The molecule has 1 atom stereocenters. The van der Waals surface area contributed by atoms with Crippen molar-refractivity contribution < 1.29 is 4.74 Å². The number of hydrogen-bond acceptors (Lipinski definition) is 4. The Bertz CT molecular complexity index is 393. The first-order valence-corrected chi connectivity index (χ1v) is 10.3. The van der Waals surface area contributed by atoms with Crippen LogP contribution in [0.4, 0.5) is 0 Å². The zero-order valence-corrected chi connectivity index (χ0v) is 19.4. The van der Waals surface area contributed by atoms with Crippen LogP contribution in [0.2, 0.25) is 0 Å². The number of ether oxygens (including phenoxy) is 1. The Kier molecular flexibility index (Phi) is 12.1. The number of aliphatic imine (C=N–C) groups is 1. The summed E-state index contributed by atoms with van der Waals surface area (Å²) in [5.74, 6) is 0.927. The molecule has 2 aliphatic heterocycles. The van der Waals surface area contributed by atoms with Gasteiger partial charge in [0.1, 0.15) is 0 Å². The molecule has 2 fully saturated rings. The van der Waals surface area contributed by atoms with E-state index in [1.165, 1.54) is 52.1 Å². The molecular formula is C19H40IN5O. The highest BCUT2D eigenvalue weighted by Crippen LogP contribution is 2.24. The first kappa shape index (κ1) is 23.9. The van der Waals surface area contributed by atoms with E-state index in [1.54, 1.807) is 0 Å². The molecule has 2 heterocycles. The minimum absolute atomic E-state index is 0. The molecule has 1 unspecified atom stereocenters. The van der Waals surface area contributed by atoms with Gasteiger partial charge in [0.05, 0.1) is 12.1 Å². The van der Waals surface area contributed by atoms with Gasteiger partial charge in [0.25, 0.3) is 0 Å². The summed E-state index contributed by atoms with van der Waals surface area (Å²) in [6.45, 7) is 17.4. The van der Waals surface area contributed by atoms with Crippen LogP contribution in [0.3, 0.4) is 0 Å². The van der Waals surface area contributed by atoms with E-state index < -0.39 is 0 Å². The van der Waals surface area contributed by atoms with Crippen LogP contribution < -0.4 is 10.6 Å². The van der Waals surface area contributed by atoms with Crippen LogP contribution in [0.25, 0.3) is 0 Å². The van der Waals surface area contributed by atoms with Crippen LogP contribution >= 0.6 is 24.0 Å². The Morgan fingerprint density at radius 2 is 1.81 bits per heavy atom. The highest BCUT2D eigenvalue weighted by Gasteiger charge is 2.29. The highest BCUT2D eigenvalue weighted by atomic mass is 127. The van der Waals surface area contributed by atoms with Crippen LogP contribution in [0.5, 0.6) is 0 Å². The minimum Gasteiger partial charge on any atom is -0.373 e. The zero-order chi connectivity index (χ0) is 18.0. The van der Waals surface area contributed by atoms with E-state index in [4.69, 9.17) is 9.73 Å². The lowest BCUT2D eigenvalue weighted by atomic mass is 10.0. The standard InChI is InChI=1S/C19H39N5O.HI/c1-4-20-18(22-17-19(3)9-8-16-25-19)21-10-6-7-11-24-14-12-23(5-2)13-15-24;/h4-17H2,1-3H3,(H2,20,21,22);1H. The van der Waals surface area contributed by atoms with Gasteiger partial charge in [-0.3, -0.25) is 4.99 Å². The van der Waals surface area contributed by atoms with Gasteiger partial charge in [-0.05, 0) is 52.6 Å². The van der Waals surface area contributed by atoms with Crippen molar-refractivity contribution in [3.05, 3.63) is 0 Å². The van der Waals surface area contributed by atoms with Crippen molar-refractivity contribution >= 4 is 29.9 Å². The molecule has 2 rings (SSSR count). The van der Waals surface area contributed by atoms with Crippen molar-refractivity contribution in [1.29, 1.82) is 0 Å². The number of unbranched alkanes of at least 4 members (excludes halogenated alkanes) is 1. The lowest BCUT2D eigenvalue weighted by Gasteiger charge is -2.34. The van der Waals surface area contributed by atoms with Crippen molar-refractivity contribution in [1.82, 2.24) is 20.4 Å². The summed E-state index contributed by atoms with van der Waals surface area (Å²) in [6.07, 6.45) is 4.70. The molecule has 0 aromatic heterocycles. The Hall–Kier alpha value is -0.120. The quantitative estimate of drug-likeness (QED) is 0.229. The first-order valence-electron chi connectivity index (χ1n) is 10.3. The smallest absolute Gasteiger partial charge is 0.191 e. The van der Waals surface area contributed by atoms with Crippen LogP contribution in [0.15, 0.2) is 4.99 Å². The van der Waals surface area contributed by atoms with E-state index in [0.29, 0.717) is 0 Å². The molecule has 0 radical (unpaired) electrons. The summed E-state index contributed by atoms with van der Waals surface area (Å²) in [5, 5.41) is 6.82. The summed E-state index contributed by atoms with van der Waals surface area (Å²) in [6, 6.07) is 0. The average molecular weight is 481 g/mol. The van der Waals surface area contributed by atoms with E-state index in [1.807, 2.05) is 0 Å². The highest BCUT2D eigenvalue weighted by molar-refractivity contribution is 14.0. The van der Waals surface area contributed by atoms with E-state index in [0.717, 1.165) is 45.0 Å². The lowest BCUT2D eigenvalue weighted by Crippen LogP contribution is -2.46. The van der Waals surface area contributed by atoms with Crippen molar-refractivity contribution in [2.75, 3.05) is 65.5 Å². The molecule has 0 saturated carbocycles. The molecule has 2 saturated heterocycles. The van der Waals surface area contributed by atoms with Crippen LogP contribution in [-0.2, 0) is 4.74 Å². The number of nitrogens with one attached hydrogen (secondary N) is 2. The second-order valence-corrected chi connectivity index (χ2v) is 7.51. The van der Waals surface area contributed by atoms with E-state index >= 15 is 0 Å². The molecule has 0 aliphatic carbocycles. The van der Waals surface area contributed by atoms with Gasteiger partial charge in [-0.1, -0.05) is 6.92 Å². The molecule has 2 aliphatic rings. The number of piperazine rings is 1. The molecule has 0 aromatic carbocycles. The minimum atomic E-state index is -0.0665. The van der Waals surface area contributed by atoms with Gasteiger partial charge >= 0.3 is 0 Å². The van der Waals surface area contributed by atoms with Gasteiger partial charge in [0, 0.05) is 45.9 Å². The fourth-order valence-corrected chi connectivity index (χ4v) is 3.55. The van der Waals surface area contributed by atoms with Crippen LogP contribution in [-0.4, -0.2) is 86.9 Å². The molecular weight excluding hydrogens is 441 g/mol. The van der Waals surface area contributed by atoms with Gasteiger partial charge in [-0.15, -0.1) is 24.0 Å². The lowest BCUT2D eigenvalue weighted by molar-refractivity contribution is 0.0283. The van der Waals surface area contributed by atoms with Gasteiger partial charge in [-0.25, -0.2) is 0 Å². The molecule has 0 spiro atoms. The summed E-state index contributed by atoms with van der Waals surface area (Å²) >= 11 is 0. The summed E-state index contributed by atoms with van der Waals surface area (Å²) in [7, 11) is 0. The zero-order valence-electron chi connectivity index (χ0n) is 17.1.